The number of carbonyl (C=O) groups is 19. The van der Waals surface area contributed by atoms with Gasteiger partial charge in [0.25, 0.3) is 0 Å². The first-order valence-corrected chi connectivity index (χ1v) is 44.5. The monoisotopic (exact) mass is 1850 g/mol. The first-order valence-electron chi connectivity index (χ1n) is 40.2. The highest BCUT2D eigenvalue weighted by Gasteiger charge is 2.41. The molecule has 47 nitrogen and oxygen atoms in total. The highest BCUT2D eigenvalue weighted by molar-refractivity contribution is 7.98. The fourth-order valence-electron chi connectivity index (χ4n) is 12.2. The van der Waals surface area contributed by atoms with E-state index in [0.717, 1.165) is 37.4 Å². The Bertz CT molecular complexity index is 4360. The van der Waals surface area contributed by atoms with Gasteiger partial charge < -0.3 is 138 Å². The molecular formula is C77H118N19O28PS2. The number of carboxylic acids is 3. The smallest absolute Gasteiger partial charge is 0.469 e. The third-order valence-electron chi connectivity index (χ3n) is 19.5. The first-order chi connectivity index (χ1) is 59.7. The van der Waals surface area contributed by atoms with Crippen LogP contribution in [0.2, 0.25) is 0 Å². The lowest BCUT2D eigenvalue weighted by molar-refractivity contribution is -0.143. The number of carboxylic acid groups (broad SMARTS) is 3. The van der Waals surface area contributed by atoms with Gasteiger partial charge in [-0.25, -0.2) is 9.36 Å². The van der Waals surface area contributed by atoms with Crippen LogP contribution < -0.4 is 97.4 Å². The number of nitrogens with two attached hydrogens (primary N) is 4. The maximum atomic E-state index is 14.6. The number of thioether (sulfide) groups is 2. The molecule has 0 unspecified atom stereocenters. The van der Waals surface area contributed by atoms with E-state index in [0.29, 0.717) is 41.3 Å². The van der Waals surface area contributed by atoms with E-state index in [4.69, 9.17) is 22.9 Å². The molecule has 0 radical (unpaired) electrons. The number of aromatic nitrogens is 1. The van der Waals surface area contributed by atoms with Crippen LogP contribution in [-0.4, -0.2) is 293 Å². The van der Waals surface area contributed by atoms with Gasteiger partial charge in [-0.2, -0.15) is 23.5 Å². The summed E-state index contributed by atoms with van der Waals surface area (Å²) < 4.78 is 16.3. The molecule has 127 heavy (non-hydrogen) atoms. The number of aromatic amines is 1. The maximum absolute atomic E-state index is 14.6. The first kappa shape index (κ1) is 110. The fraction of sp³-hybridized carbons (Fsp3) is 0.571. The van der Waals surface area contributed by atoms with Crippen molar-refractivity contribution >= 4 is 155 Å². The van der Waals surface area contributed by atoms with E-state index < -0.39 is 281 Å². The number of hydrogen-bond acceptors (Lipinski definition) is 27. The van der Waals surface area contributed by atoms with E-state index in [1.54, 1.807) is 81.0 Å². The van der Waals surface area contributed by atoms with Gasteiger partial charge in [-0.1, -0.05) is 82.6 Å². The summed E-state index contributed by atoms with van der Waals surface area (Å²) in [5.41, 5.74) is 24.0. The van der Waals surface area contributed by atoms with Crippen LogP contribution in [0.5, 0.6) is 0 Å². The summed E-state index contributed by atoms with van der Waals surface area (Å²) in [5.74, 6) is -25.4. The third-order valence-corrected chi connectivity index (χ3v) is 21.3. The molecule has 0 spiro atoms. The van der Waals surface area contributed by atoms with E-state index in [9.17, 15) is 131 Å². The second kappa shape index (κ2) is 55.2. The number of carbonyl (C=O) groups excluding carboxylic acids is 16. The molecule has 3 aromatic rings. The van der Waals surface area contributed by atoms with Crippen LogP contribution in [0.1, 0.15) is 123 Å². The van der Waals surface area contributed by atoms with Crippen LogP contribution in [0, 0.1) is 11.8 Å². The van der Waals surface area contributed by atoms with Crippen molar-refractivity contribution in [2.24, 2.45) is 34.8 Å². The van der Waals surface area contributed by atoms with Crippen molar-refractivity contribution in [2.75, 3.05) is 43.8 Å². The second-order valence-corrected chi connectivity index (χ2v) is 33.3. The average molecular weight is 1850 g/mol. The highest BCUT2D eigenvalue weighted by atomic mass is 32.2. The van der Waals surface area contributed by atoms with Crippen molar-refractivity contribution in [3.63, 3.8) is 0 Å². The number of phosphoric acid groups is 1. The molecule has 0 bridgehead atoms. The Hall–Kier alpha value is -11.4. The molecule has 16 amide bonds. The number of phosphoric ester groups is 1. The van der Waals surface area contributed by atoms with Gasteiger partial charge in [-0.15, -0.1) is 0 Å². The molecule has 3 rings (SSSR count). The van der Waals surface area contributed by atoms with E-state index in [-0.39, 0.29) is 43.7 Å². The number of para-hydroxylation sites is 1. The summed E-state index contributed by atoms with van der Waals surface area (Å²) in [7, 11) is -5.41. The van der Waals surface area contributed by atoms with Crippen molar-refractivity contribution in [3.8, 4) is 0 Å². The van der Waals surface area contributed by atoms with Gasteiger partial charge >= 0.3 is 25.7 Å². The molecule has 1 aromatic heterocycles. The zero-order valence-corrected chi connectivity index (χ0v) is 73.7. The standard InChI is InChI=1S/C77H118N19O28PS2/c1-9-38(4)60(81)74(116)93-54(35-97)72(114)94-55(36-124-125(121,122)123)73(115)95-61(37(2)3)75(117)86-45(22-23-58(101)102)64(106)84-46(24-27-126-7)65(107)85-47(25-28-127-8)66(108)91-53(33-59(103)104)70(112)90-51(31-56(79)99)69(111)89-50(30-42-34-82-44-20-14-13-19-43(42)44)67(109)83-39(5)63(105)88-52(32-57(80)100)71(113)96-62(40(6)98)76(118)92-49(29-41-17-11-10-12-18-41)68(110)87-48(77(119)120)21-15-16-26-78/h10-14,17-20,34,37-40,45-55,60-62,82,97-98H,9,15-16,21-33,35-36,78,81H2,1-8H3,(H2,79,99)(H2,80,100)(H,83,109)(H,84,106)(H,85,107)(H,86,117)(H,87,110)(H,88,105)(H,89,111)(H,90,112)(H,91,108)(H,92,118)(H,93,116)(H,94,114)(H,95,115)(H,96,113)(H,101,102)(H,103,104)(H,119,120)(H2,121,122,123)/t38-,39-,40+,45-,46-,47-,48-,49-,50-,51-,52-,53-,54-,55-,60-,61-,62-/m0/s1. The number of H-pyrrole nitrogens is 1. The van der Waals surface area contributed by atoms with Crippen LogP contribution >= 0.6 is 31.3 Å². The lowest BCUT2D eigenvalue weighted by Crippen LogP contribution is -2.62. The van der Waals surface area contributed by atoms with E-state index in [1.165, 1.54) is 20.0 Å². The Morgan fingerprint density at radius 3 is 1.38 bits per heavy atom. The van der Waals surface area contributed by atoms with Gasteiger partial charge in [0.15, 0.2) is 0 Å². The summed E-state index contributed by atoms with van der Waals surface area (Å²) in [6.07, 6.45) is -2.03. The van der Waals surface area contributed by atoms with Crippen LogP contribution in [0.25, 0.3) is 10.9 Å². The second-order valence-electron chi connectivity index (χ2n) is 30.1. The van der Waals surface area contributed by atoms with Crippen molar-refractivity contribution < 1.29 is 136 Å². The number of unbranched alkanes of at least 4 members (excludes halogenated alkanes) is 1. The number of aliphatic carboxylic acids is 3. The van der Waals surface area contributed by atoms with Crippen molar-refractivity contribution in [3.05, 3.63) is 71.9 Å². The summed E-state index contributed by atoms with van der Waals surface area (Å²) in [6, 6.07) is -12.0. The quantitative estimate of drug-likeness (QED) is 0.0184. The zero-order valence-electron chi connectivity index (χ0n) is 71.2. The lowest BCUT2D eigenvalue weighted by atomic mass is 9.99. The number of nitrogens with one attached hydrogen (secondary N) is 15. The minimum absolute atomic E-state index is 0.0303. The van der Waals surface area contributed by atoms with Crippen LogP contribution in [0.15, 0.2) is 60.8 Å². The molecule has 50 heteroatoms. The molecule has 30 N–H and O–H groups in total. The fourth-order valence-corrected chi connectivity index (χ4v) is 13.5. The Balaban J connectivity index is 1.97. The van der Waals surface area contributed by atoms with Crippen LogP contribution in [0.4, 0.5) is 0 Å². The van der Waals surface area contributed by atoms with Crippen LogP contribution in [-0.2, 0) is 113 Å². The van der Waals surface area contributed by atoms with Gasteiger partial charge in [-0.05, 0) is 112 Å². The molecule has 706 valence electrons. The van der Waals surface area contributed by atoms with Crippen molar-refractivity contribution in [1.82, 2.24) is 79.4 Å². The largest absolute Gasteiger partial charge is 0.481 e. The number of rotatable bonds is 60. The number of hydrogen-bond donors (Lipinski definition) is 26. The average Bonchev–Trinajstić information content (AvgIpc) is 1.67. The number of fused-ring (bicyclic) bond motifs is 1. The summed E-state index contributed by atoms with van der Waals surface area (Å²) in [4.78, 5) is 281. The summed E-state index contributed by atoms with van der Waals surface area (Å²) in [5, 5.41) is 83.4. The predicted molar refractivity (Wildman–Crippen MR) is 457 cm³/mol. The molecule has 2 aromatic carbocycles. The lowest BCUT2D eigenvalue weighted by Gasteiger charge is -2.29. The Morgan fingerprint density at radius 1 is 0.465 bits per heavy atom. The van der Waals surface area contributed by atoms with E-state index in [1.807, 2.05) is 0 Å². The molecule has 1 heterocycles. The number of benzene rings is 2. The van der Waals surface area contributed by atoms with E-state index in [2.05, 4.69) is 83.9 Å². The van der Waals surface area contributed by atoms with Crippen molar-refractivity contribution in [2.45, 2.75) is 222 Å². The summed E-state index contributed by atoms with van der Waals surface area (Å²) in [6.45, 7) is 6.16. The molecule has 0 saturated carbocycles. The topological polar surface area (TPSA) is 781 Å². The summed E-state index contributed by atoms with van der Waals surface area (Å²) >= 11 is 2.30. The Kier molecular flexibility index (Phi) is 47.7. The predicted octanol–water partition coefficient (Wildman–Crippen LogP) is -6.92. The maximum Gasteiger partial charge on any atom is 0.469 e. The highest BCUT2D eigenvalue weighted by Crippen LogP contribution is 2.36. The minimum Gasteiger partial charge on any atom is -0.481 e. The van der Waals surface area contributed by atoms with Crippen molar-refractivity contribution in [1.29, 1.82) is 0 Å². The number of amides is 16. The molecule has 0 saturated heterocycles. The van der Waals surface area contributed by atoms with Gasteiger partial charge in [-0.3, -0.25) is 90.8 Å². The molecule has 0 aliphatic rings. The van der Waals surface area contributed by atoms with Crippen LogP contribution in [0.3, 0.4) is 0 Å². The Labute approximate surface area is 738 Å². The SMILES string of the molecule is CC[C@H](C)[C@H](N)C(=O)N[C@@H](CO)C(=O)N[C@@H](COP(=O)(O)O)C(=O)N[C@H](C(=O)N[C@@H](CCC(=O)O)C(=O)N[C@@H](CCSC)C(=O)N[C@@H](CCSC)C(=O)N[C@@H](CC(=O)O)C(=O)N[C@@H](CC(N)=O)C(=O)N[C@@H](Cc1c[nH]c2ccccc12)C(=O)N[C@@H](C)C(=O)N[C@@H](CC(N)=O)C(=O)N[C@H](C(=O)N[C@@H](Cc1ccccc1)C(=O)N[C@@H](CCCCN)C(=O)O)[C@@H](C)O)C(C)C. The molecule has 0 fully saturated rings. The Morgan fingerprint density at radius 2 is 0.882 bits per heavy atom. The zero-order chi connectivity index (χ0) is 95.7. The normalized spacial score (nSPS) is 15.4. The van der Waals surface area contributed by atoms with Gasteiger partial charge in [0.05, 0.1) is 44.6 Å². The van der Waals surface area contributed by atoms with Gasteiger partial charge in [0, 0.05) is 36.4 Å². The molecule has 0 aliphatic heterocycles. The minimum atomic E-state index is -5.41. The molecular weight excluding hydrogens is 1730 g/mol. The molecule has 17 atom stereocenters. The van der Waals surface area contributed by atoms with E-state index >= 15 is 0 Å². The third kappa shape index (κ3) is 39.1. The number of aliphatic hydroxyl groups excluding tert-OH is 2. The number of primary amides is 2. The molecule has 0 aliphatic carbocycles. The van der Waals surface area contributed by atoms with Gasteiger partial charge in [0.1, 0.15) is 84.6 Å². The van der Waals surface area contributed by atoms with Gasteiger partial charge in [0.2, 0.25) is 94.5 Å². The number of aliphatic hydroxyl groups is 2.